The van der Waals surface area contributed by atoms with E-state index in [0.29, 0.717) is 0 Å². The summed E-state index contributed by atoms with van der Waals surface area (Å²) >= 11 is 0. The molecule has 36 heavy (non-hydrogen) atoms. The number of benzene rings is 2. The molecule has 15 heteroatoms. The van der Waals surface area contributed by atoms with Crippen LogP contribution in [0.4, 0.5) is 0 Å². The first-order valence-corrected chi connectivity index (χ1v) is 11.5. The van der Waals surface area contributed by atoms with Gasteiger partial charge in [-0.3, -0.25) is 9.35 Å². The topological polar surface area (TPSA) is 234 Å². The quantitative estimate of drug-likeness (QED) is 0.201. The van der Waals surface area contributed by atoms with Gasteiger partial charge in [0, 0.05) is 17.7 Å². The second-order valence-electron chi connectivity index (χ2n) is 7.79. The Balaban J connectivity index is 1.86. The van der Waals surface area contributed by atoms with Gasteiger partial charge in [-0.05, 0) is 24.3 Å². The van der Waals surface area contributed by atoms with E-state index in [1.54, 1.807) is 0 Å². The van der Waals surface area contributed by atoms with E-state index in [2.05, 4.69) is 4.18 Å². The molecule has 5 atom stereocenters. The zero-order valence-electron chi connectivity index (χ0n) is 18.0. The Morgan fingerprint density at radius 1 is 0.972 bits per heavy atom. The summed E-state index contributed by atoms with van der Waals surface area (Å²) in [5.41, 5.74) is -1.11. The number of aliphatic hydroxyl groups is 3. The van der Waals surface area contributed by atoms with Crippen molar-refractivity contribution in [2.24, 2.45) is 0 Å². The second kappa shape index (κ2) is 9.55. The molecule has 0 bridgehead atoms. The van der Waals surface area contributed by atoms with Crippen LogP contribution >= 0.6 is 0 Å². The van der Waals surface area contributed by atoms with Gasteiger partial charge >= 0.3 is 10.4 Å². The van der Waals surface area contributed by atoms with Crippen LogP contribution in [0.5, 0.6) is 23.0 Å². The fraction of sp³-hybridized carbons (Fsp3) is 0.286. The average Bonchev–Trinajstić information content (AvgIpc) is 2.79. The molecule has 194 valence electrons. The van der Waals surface area contributed by atoms with Gasteiger partial charge in [0.1, 0.15) is 52.6 Å². The third-order valence-electron chi connectivity index (χ3n) is 5.34. The minimum atomic E-state index is -5.19. The number of phenolic OH excluding ortho intramolecular Hbond substituents is 3. The number of rotatable bonds is 6. The summed E-state index contributed by atoms with van der Waals surface area (Å²) in [5, 5.41) is 59.5. The van der Waals surface area contributed by atoms with Crippen LogP contribution in [-0.4, -0.2) is 80.9 Å². The SMILES string of the molecule is O=c1c(O[C@@H]2OC(CO)[C@@H](O)C(OS(=O)(=O)O)[C@H]2O)c(-c2ccc(O)cc2)oc2cc(O)cc(O)c12. The molecule has 0 aliphatic carbocycles. The monoisotopic (exact) mass is 528 g/mol. The first-order chi connectivity index (χ1) is 16.9. The van der Waals surface area contributed by atoms with E-state index in [0.717, 1.165) is 12.1 Å². The Labute approximate surface area is 201 Å². The number of aromatic hydroxyl groups is 3. The molecule has 0 spiro atoms. The van der Waals surface area contributed by atoms with Gasteiger partial charge in [-0.2, -0.15) is 8.42 Å². The molecule has 14 nitrogen and oxygen atoms in total. The van der Waals surface area contributed by atoms with E-state index < -0.39 is 75.8 Å². The number of hydrogen-bond acceptors (Lipinski definition) is 13. The lowest BCUT2D eigenvalue weighted by Gasteiger charge is -2.40. The standard InChI is InChI=1S/C21H20O14S/c22-7-13-15(26)19(35-36(29,30)31)17(28)21(33-13)34-20-16(27)14-11(25)5-10(24)6-12(14)32-18(20)8-1-3-9(23)4-2-8/h1-6,13,15,17,19,21-26,28H,7H2,(H,29,30,31)/t13?,15-,17-,19?,21+/m1/s1. The molecule has 2 heterocycles. The van der Waals surface area contributed by atoms with Gasteiger partial charge in [-0.25, -0.2) is 4.18 Å². The minimum Gasteiger partial charge on any atom is -0.508 e. The van der Waals surface area contributed by atoms with Gasteiger partial charge in [0.15, 0.2) is 5.76 Å². The van der Waals surface area contributed by atoms with Crippen LogP contribution in [0, 0.1) is 0 Å². The van der Waals surface area contributed by atoms with Crippen LogP contribution in [0.3, 0.4) is 0 Å². The lowest BCUT2D eigenvalue weighted by Crippen LogP contribution is -2.61. The summed E-state index contributed by atoms with van der Waals surface area (Å²) in [6.07, 6.45) is -9.71. The van der Waals surface area contributed by atoms with Crippen molar-refractivity contribution < 1.29 is 61.7 Å². The molecule has 0 saturated carbocycles. The smallest absolute Gasteiger partial charge is 0.397 e. The number of aliphatic hydroxyl groups excluding tert-OH is 3. The minimum absolute atomic E-state index is 0.129. The predicted molar refractivity (Wildman–Crippen MR) is 118 cm³/mol. The van der Waals surface area contributed by atoms with Crippen LogP contribution in [0.15, 0.2) is 45.6 Å². The highest BCUT2D eigenvalue weighted by atomic mass is 32.3. The van der Waals surface area contributed by atoms with Crippen LogP contribution < -0.4 is 10.2 Å². The highest BCUT2D eigenvalue weighted by Gasteiger charge is 2.49. The third-order valence-corrected chi connectivity index (χ3v) is 5.80. The largest absolute Gasteiger partial charge is 0.508 e. The molecule has 1 aromatic heterocycles. The highest BCUT2D eigenvalue weighted by Crippen LogP contribution is 2.37. The molecule has 2 aromatic carbocycles. The molecule has 1 aliphatic heterocycles. The number of phenols is 3. The number of ether oxygens (including phenoxy) is 2. The zero-order valence-corrected chi connectivity index (χ0v) is 18.8. The molecule has 3 aromatic rings. The first kappa shape index (κ1) is 25.6. The molecule has 0 amide bonds. The second-order valence-corrected chi connectivity index (χ2v) is 8.84. The van der Waals surface area contributed by atoms with Crippen molar-refractivity contribution in [1.29, 1.82) is 0 Å². The fourth-order valence-electron chi connectivity index (χ4n) is 3.70. The van der Waals surface area contributed by atoms with Crippen LogP contribution in [0.25, 0.3) is 22.3 Å². The summed E-state index contributed by atoms with van der Waals surface area (Å²) in [4.78, 5) is 13.3. The van der Waals surface area contributed by atoms with E-state index in [1.807, 2.05) is 0 Å². The van der Waals surface area contributed by atoms with Crippen molar-refractivity contribution in [2.75, 3.05) is 6.61 Å². The number of fused-ring (bicyclic) bond motifs is 1. The third kappa shape index (κ3) is 4.93. The van der Waals surface area contributed by atoms with Crippen molar-refractivity contribution in [3.8, 4) is 34.3 Å². The Bertz CT molecular complexity index is 1430. The molecule has 2 unspecified atom stereocenters. The summed E-state index contributed by atoms with van der Waals surface area (Å²) < 4.78 is 52.3. The van der Waals surface area contributed by atoms with E-state index >= 15 is 0 Å². The van der Waals surface area contributed by atoms with E-state index in [-0.39, 0.29) is 22.7 Å². The fourth-order valence-corrected chi connectivity index (χ4v) is 4.21. The molecule has 1 saturated heterocycles. The maximum Gasteiger partial charge on any atom is 0.397 e. The van der Waals surface area contributed by atoms with Crippen molar-refractivity contribution >= 4 is 21.4 Å². The molecule has 1 aliphatic rings. The van der Waals surface area contributed by atoms with Crippen molar-refractivity contribution in [2.45, 2.75) is 30.7 Å². The van der Waals surface area contributed by atoms with Gasteiger partial charge < -0.3 is 44.5 Å². The number of hydrogen-bond donors (Lipinski definition) is 7. The van der Waals surface area contributed by atoms with Gasteiger partial charge in [0.05, 0.1) is 6.61 Å². The van der Waals surface area contributed by atoms with Gasteiger partial charge in [-0.1, -0.05) is 0 Å². The van der Waals surface area contributed by atoms with Crippen molar-refractivity contribution in [1.82, 2.24) is 0 Å². The van der Waals surface area contributed by atoms with Crippen LogP contribution in [0.2, 0.25) is 0 Å². The Kier molecular flexibility index (Phi) is 6.80. The molecular formula is C21H20O14S. The van der Waals surface area contributed by atoms with Gasteiger partial charge in [0.2, 0.25) is 17.5 Å². The molecular weight excluding hydrogens is 508 g/mol. The lowest BCUT2D eigenvalue weighted by atomic mass is 9.99. The summed E-state index contributed by atoms with van der Waals surface area (Å²) in [7, 11) is -5.19. The normalized spacial score (nSPS) is 24.6. The van der Waals surface area contributed by atoms with Crippen molar-refractivity contribution in [3.05, 3.63) is 46.6 Å². The van der Waals surface area contributed by atoms with Crippen LogP contribution in [-0.2, 0) is 19.3 Å². The highest BCUT2D eigenvalue weighted by molar-refractivity contribution is 7.80. The van der Waals surface area contributed by atoms with Crippen molar-refractivity contribution in [3.63, 3.8) is 0 Å². The predicted octanol–water partition coefficient (Wildman–Crippen LogP) is -0.417. The lowest BCUT2D eigenvalue weighted by molar-refractivity contribution is -0.272. The first-order valence-electron chi connectivity index (χ1n) is 10.2. The van der Waals surface area contributed by atoms with E-state index in [4.69, 9.17) is 18.4 Å². The molecule has 1 fully saturated rings. The summed E-state index contributed by atoms with van der Waals surface area (Å²) in [5.74, 6) is -2.22. The van der Waals surface area contributed by atoms with Gasteiger partial charge in [0.25, 0.3) is 0 Å². The maximum absolute atomic E-state index is 13.3. The molecule has 0 radical (unpaired) electrons. The van der Waals surface area contributed by atoms with Gasteiger partial charge in [-0.15, -0.1) is 0 Å². The molecule has 7 N–H and O–H groups in total. The van der Waals surface area contributed by atoms with E-state index in [9.17, 15) is 43.9 Å². The van der Waals surface area contributed by atoms with E-state index in [1.165, 1.54) is 24.3 Å². The summed E-state index contributed by atoms with van der Waals surface area (Å²) in [6.45, 7) is -0.906. The molecule has 4 rings (SSSR count). The average molecular weight is 528 g/mol. The summed E-state index contributed by atoms with van der Waals surface area (Å²) in [6, 6.07) is 7.08. The maximum atomic E-state index is 13.3. The van der Waals surface area contributed by atoms with Crippen LogP contribution in [0.1, 0.15) is 0 Å². The Hall–Kier alpha value is -3.44. The zero-order chi connectivity index (χ0) is 26.4. The Morgan fingerprint density at radius 3 is 2.25 bits per heavy atom. The Morgan fingerprint density at radius 2 is 1.64 bits per heavy atom.